The van der Waals surface area contributed by atoms with Crippen molar-refractivity contribution < 1.29 is 0 Å². The third-order valence-electron chi connectivity index (χ3n) is 4.23. The van der Waals surface area contributed by atoms with Gasteiger partial charge in [0.2, 0.25) is 0 Å². The lowest BCUT2D eigenvalue weighted by Gasteiger charge is -2.32. The molecule has 2 aliphatic rings. The van der Waals surface area contributed by atoms with Crippen LogP contribution in [0.2, 0.25) is 0 Å². The molecular formula is C16H25N3. The van der Waals surface area contributed by atoms with Crippen LogP contribution in [0.3, 0.4) is 0 Å². The number of hydrogen-bond donors (Lipinski definition) is 1. The second-order valence-electron chi connectivity index (χ2n) is 5.72. The summed E-state index contributed by atoms with van der Waals surface area (Å²) >= 11 is 0. The Morgan fingerprint density at radius 2 is 2.26 bits per heavy atom. The molecule has 1 heterocycles. The van der Waals surface area contributed by atoms with Crippen molar-refractivity contribution in [2.24, 2.45) is 5.92 Å². The molecule has 0 aromatic carbocycles. The molecule has 1 aliphatic carbocycles. The Kier molecular flexibility index (Phi) is 5.47. The molecule has 3 heteroatoms. The lowest BCUT2D eigenvalue weighted by atomic mass is 9.88. The van der Waals surface area contributed by atoms with Crippen molar-refractivity contribution >= 4 is 0 Å². The van der Waals surface area contributed by atoms with Gasteiger partial charge in [-0.15, -0.1) is 0 Å². The summed E-state index contributed by atoms with van der Waals surface area (Å²) in [6.45, 7) is 3.31. The maximum absolute atomic E-state index is 9.20. The van der Waals surface area contributed by atoms with Crippen molar-refractivity contribution in [1.82, 2.24) is 10.2 Å². The van der Waals surface area contributed by atoms with Gasteiger partial charge in [0.15, 0.2) is 0 Å². The number of nitriles is 1. The first-order valence-electron chi connectivity index (χ1n) is 7.52. The molecule has 2 rings (SSSR count). The molecule has 0 aromatic heterocycles. The van der Waals surface area contributed by atoms with Crippen molar-refractivity contribution in [3.05, 3.63) is 23.4 Å². The van der Waals surface area contributed by atoms with Crippen LogP contribution in [0.25, 0.3) is 0 Å². The molecule has 0 aromatic rings. The zero-order valence-electron chi connectivity index (χ0n) is 12.0. The van der Waals surface area contributed by atoms with Crippen LogP contribution in [0, 0.1) is 17.2 Å². The molecule has 0 unspecified atom stereocenters. The van der Waals surface area contributed by atoms with Gasteiger partial charge in [-0.2, -0.15) is 5.26 Å². The van der Waals surface area contributed by atoms with E-state index in [1.807, 2.05) is 13.2 Å². The van der Waals surface area contributed by atoms with Crippen LogP contribution in [0.1, 0.15) is 38.5 Å². The fourth-order valence-corrected chi connectivity index (χ4v) is 3.23. The van der Waals surface area contributed by atoms with E-state index in [-0.39, 0.29) is 0 Å². The van der Waals surface area contributed by atoms with Gasteiger partial charge in [0, 0.05) is 32.9 Å². The SMILES string of the molecule is CN/C=C(\C#N)C1=CCCN(CC2CCCCC2)C1. The molecule has 0 bridgehead atoms. The molecular weight excluding hydrogens is 234 g/mol. The first-order chi connectivity index (χ1) is 9.33. The molecule has 0 amide bonds. The van der Waals surface area contributed by atoms with E-state index in [0.717, 1.165) is 31.0 Å². The third-order valence-corrected chi connectivity index (χ3v) is 4.23. The van der Waals surface area contributed by atoms with E-state index in [0.29, 0.717) is 0 Å². The molecule has 104 valence electrons. The smallest absolute Gasteiger partial charge is 0.101 e. The Bertz CT molecular complexity index is 383. The first kappa shape index (κ1) is 14.1. The highest BCUT2D eigenvalue weighted by molar-refractivity contribution is 5.43. The van der Waals surface area contributed by atoms with Gasteiger partial charge in [0.1, 0.15) is 6.07 Å². The highest BCUT2D eigenvalue weighted by atomic mass is 15.1. The predicted molar refractivity (Wildman–Crippen MR) is 78.5 cm³/mol. The second kappa shape index (κ2) is 7.35. The summed E-state index contributed by atoms with van der Waals surface area (Å²) in [4.78, 5) is 2.53. The van der Waals surface area contributed by atoms with Crippen LogP contribution in [0.5, 0.6) is 0 Å². The molecule has 1 fully saturated rings. The highest BCUT2D eigenvalue weighted by Crippen LogP contribution is 2.26. The van der Waals surface area contributed by atoms with Gasteiger partial charge in [-0.1, -0.05) is 25.3 Å². The van der Waals surface area contributed by atoms with Gasteiger partial charge in [-0.3, -0.25) is 4.90 Å². The molecule has 19 heavy (non-hydrogen) atoms. The highest BCUT2D eigenvalue weighted by Gasteiger charge is 2.20. The summed E-state index contributed by atoms with van der Waals surface area (Å²) < 4.78 is 0. The zero-order valence-corrected chi connectivity index (χ0v) is 12.0. The molecule has 0 spiro atoms. The molecule has 1 saturated carbocycles. The molecule has 1 aliphatic heterocycles. The zero-order chi connectivity index (χ0) is 13.5. The summed E-state index contributed by atoms with van der Waals surface area (Å²) in [6.07, 6.45) is 12.1. The predicted octanol–water partition coefficient (Wildman–Crippen LogP) is 2.83. The van der Waals surface area contributed by atoms with Gasteiger partial charge in [-0.25, -0.2) is 0 Å². The fourth-order valence-electron chi connectivity index (χ4n) is 3.23. The Labute approximate surface area is 117 Å². The standard InChI is InChI=1S/C16H25N3/c1-18-11-16(10-17)15-8-5-9-19(13-15)12-14-6-3-2-4-7-14/h8,11,14,18H,2-7,9,12-13H2,1H3/b16-11+. The minimum Gasteiger partial charge on any atom is -0.393 e. The van der Waals surface area contributed by atoms with Crippen molar-refractivity contribution in [3.8, 4) is 6.07 Å². The molecule has 0 atom stereocenters. The van der Waals surface area contributed by atoms with Gasteiger partial charge < -0.3 is 5.32 Å². The number of nitrogens with one attached hydrogen (secondary N) is 1. The maximum atomic E-state index is 9.20. The number of nitrogens with zero attached hydrogens (tertiary/aromatic N) is 2. The van der Waals surface area contributed by atoms with Crippen LogP contribution < -0.4 is 5.32 Å². The van der Waals surface area contributed by atoms with Crippen LogP contribution >= 0.6 is 0 Å². The lowest BCUT2D eigenvalue weighted by molar-refractivity contribution is 0.211. The summed E-state index contributed by atoms with van der Waals surface area (Å²) in [5.74, 6) is 0.881. The molecule has 0 radical (unpaired) electrons. The normalized spacial score (nSPS) is 22.7. The van der Waals surface area contributed by atoms with E-state index >= 15 is 0 Å². The van der Waals surface area contributed by atoms with E-state index in [1.165, 1.54) is 44.2 Å². The van der Waals surface area contributed by atoms with Gasteiger partial charge >= 0.3 is 0 Å². The molecule has 1 N–H and O–H groups in total. The van der Waals surface area contributed by atoms with Crippen molar-refractivity contribution in [1.29, 1.82) is 5.26 Å². The molecule has 0 saturated heterocycles. The fraction of sp³-hybridized carbons (Fsp3) is 0.688. The third kappa shape index (κ3) is 4.11. The van der Waals surface area contributed by atoms with Crippen molar-refractivity contribution in [2.45, 2.75) is 38.5 Å². The molecule has 3 nitrogen and oxygen atoms in total. The monoisotopic (exact) mass is 259 g/mol. The summed E-state index contributed by atoms with van der Waals surface area (Å²) in [5, 5.41) is 12.2. The van der Waals surface area contributed by atoms with Crippen molar-refractivity contribution in [3.63, 3.8) is 0 Å². The average Bonchev–Trinajstić information content (AvgIpc) is 2.46. The second-order valence-corrected chi connectivity index (χ2v) is 5.72. The van der Waals surface area contributed by atoms with Crippen molar-refractivity contribution in [2.75, 3.05) is 26.7 Å². The Morgan fingerprint density at radius 3 is 2.95 bits per heavy atom. The Hall–Kier alpha value is -1.27. The van der Waals surface area contributed by atoms with E-state index in [2.05, 4.69) is 22.4 Å². The minimum absolute atomic E-state index is 0.788. The van der Waals surface area contributed by atoms with Gasteiger partial charge in [-0.05, 0) is 30.8 Å². The lowest BCUT2D eigenvalue weighted by Crippen LogP contribution is -2.35. The number of rotatable bonds is 4. The topological polar surface area (TPSA) is 39.1 Å². The van der Waals surface area contributed by atoms with Crippen LogP contribution in [0.15, 0.2) is 23.4 Å². The average molecular weight is 259 g/mol. The first-order valence-corrected chi connectivity index (χ1v) is 7.52. The number of hydrogen-bond acceptors (Lipinski definition) is 3. The van der Waals surface area contributed by atoms with E-state index in [9.17, 15) is 5.26 Å². The van der Waals surface area contributed by atoms with Gasteiger partial charge in [0.25, 0.3) is 0 Å². The summed E-state index contributed by atoms with van der Waals surface area (Å²) in [6, 6.07) is 2.30. The quantitative estimate of drug-likeness (QED) is 0.789. The van der Waals surface area contributed by atoms with Crippen LogP contribution in [-0.2, 0) is 0 Å². The summed E-state index contributed by atoms with van der Waals surface area (Å²) in [5.41, 5.74) is 1.98. The maximum Gasteiger partial charge on any atom is 0.101 e. The largest absolute Gasteiger partial charge is 0.393 e. The minimum atomic E-state index is 0.788. The Balaban J connectivity index is 1.90. The van der Waals surface area contributed by atoms with Crippen LogP contribution in [-0.4, -0.2) is 31.6 Å². The Morgan fingerprint density at radius 1 is 1.47 bits per heavy atom. The van der Waals surface area contributed by atoms with E-state index in [4.69, 9.17) is 0 Å². The van der Waals surface area contributed by atoms with E-state index in [1.54, 1.807) is 0 Å². The van der Waals surface area contributed by atoms with Crippen LogP contribution in [0.4, 0.5) is 0 Å². The van der Waals surface area contributed by atoms with Gasteiger partial charge in [0.05, 0.1) is 5.57 Å². The van der Waals surface area contributed by atoms with E-state index < -0.39 is 0 Å². The summed E-state index contributed by atoms with van der Waals surface area (Å²) in [7, 11) is 1.85.